The van der Waals surface area contributed by atoms with Crippen LogP contribution >= 0.6 is 0 Å². The van der Waals surface area contributed by atoms with E-state index in [-0.39, 0.29) is 12.1 Å². The standard InChI is InChI=1S/C10H13NO5.C6H4/c1-5(15-6(2)12)9-10(14-3)11-7(13)4-8(11)16-9;1-2-5-4-6(5)3-1/h8,10H,4H2,1-3H3;1-4H/t8-,10?;/m1./s1. The molecule has 2 fully saturated rings. The largest absolute Gasteiger partial charge is 0.466 e. The lowest BCUT2D eigenvalue weighted by Gasteiger charge is -2.33. The second kappa shape index (κ2) is 5.46. The summed E-state index contributed by atoms with van der Waals surface area (Å²) in [5, 5.41) is 0. The molecule has 116 valence electrons. The van der Waals surface area contributed by atoms with Crippen LogP contribution in [-0.4, -0.2) is 36.3 Å². The van der Waals surface area contributed by atoms with Crippen LogP contribution in [0.15, 0.2) is 35.8 Å². The van der Waals surface area contributed by atoms with E-state index < -0.39 is 12.2 Å². The van der Waals surface area contributed by atoms with Crippen molar-refractivity contribution in [1.82, 2.24) is 4.90 Å². The molecule has 1 unspecified atom stereocenters. The van der Waals surface area contributed by atoms with E-state index in [1.54, 1.807) is 6.92 Å². The van der Waals surface area contributed by atoms with Crippen molar-refractivity contribution in [2.24, 2.45) is 0 Å². The Labute approximate surface area is 128 Å². The molecule has 4 aliphatic rings. The normalized spacial score (nSPS) is 25.2. The SMILES string of the molecule is COC1C(=C(C)OC(C)=O)O[C@@H]2CC(=O)N12.c1cc2cc-2c1. The molecular weight excluding hydrogens is 286 g/mol. The third kappa shape index (κ3) is 2.57. The van der Waals surface area contributed by atoms with Crippen LogP contribution in [-0.2, 0) is 23.8 Å². The van der Waals surface area contributed by atoms with Crippen LogP contribution in [0, 0.1) is 0 Å². The summed E-state index contributed by atoms with van der Waals surface area (Å²) in [6.07, 6.45) is -0.514. The maximum Gasteiger partial charge on any atom is 0.307 e. The van der Waals surface area contributed by atoms with Gasteiger partial charge in [-0.25, -0.2) is 0 Å². The van der Waals surface area contributed by atoms with Crippen molar-refractivity contribution in [1.29, 1.82) is 0 Å². The first-order valence-electron chi connectivity index (χ1n) is 7.01. The zero-order chi connectivity index (χ0) is 15.9. The third-order valence-corrected chi connectivity index (χ3v) is 3.67. The summed E-state index contributed by atoms with van der Waals surface area (Å²) in [6, 6.07) is 8.48. The zero-order valence-corrected chi connectivity index (χ0v) is 12.7. The Morgan fingerprint density at radius 3 is 2.41 bits per heavy atom. The molecule has 0 aromatic carbocycles. The second-order valence-corrected chi connectivity index (χ2v) is 5.26. The fraction of sp³-hybridized carbons (Fsp3) is 0.375. The van der Waals surface area contributed by atoms with Gasteiger partial charge in [0.15, 0.2) is 18.2 Å². The Hall–Kier alpha value is -2.34. The number of amides is 1. The number of ether oxygens (including phenoxy) is 3. The first-order chi connectivity index (χ1) is 10.5. The molecule has 2 aliphatic carbocycles. The maximum atomic E-state index is 11.3. The average Bonchev–Trinajstić information content (AvgIpc) is 2.93. The van der Waals surface area contributed by atoms with Gasteiger partial charge in [-0.2, -0.15) is 0 Å². The van der Waals surface area contributed by atoms with Gasteiger partial charge in [-0.05, 0) is 24.1 Å². The highest BCUT2D eigenvalue weighted by Gasteiger charge is 2.52. The van der Waals surface area contributed by atoms with Gasteiger partial charge in [0, 0.05) is 14.0 Å². The molecule has 6 nitrogen and oxygen atoms in total. The predicted octanol–water partition coefficient (Wildman–Crippen LogP) is 2.01. The average molecular weight is 303 g/mol. The van der Waals surface area contributed by atoms with Gasteiger partial charge in [0.05, 0.1) is 6.42 Å². The van der Waals surface area contributed by atoms with Crippen LogP contribution in [0.3, 0.4) is 0 Å². The maximum absolute atomic E-state index is 11.3. The summed E-state index contributed by atoms with van der Waals surface area (Å²) in [5.74, 6) is 0.279. The summed E-state index contributed by atoms with van der Waals surface area (Å²) < 4.78 is 15.6. The number of allylic oxidation sites excluding steroid dienone is 1. The quantitative estimate of drug-likeness (QED) is 0.482. The van der Waals surface area contributed by atoms with Crippen molar-refractivity contribution in [3.05, 3.63) is 35.8 Å². The highest BCUT2D eigenvalue weighted by molar-refractivity contribution is 5.84. The molecule has 22 heavy (non-hydrogen) atoms. The predicted molar refractivity (Wildman–Crippen MR) is 77.0 cm³/mol. The van der Waals surface area contributed by atoms with Gasteiger partial charge in [0.1, 0.15) is 5.76 Å². The van der Waals surface area contributed by atoms with Crippen LogP contribution in [0.4, 0.5) is 0 Å². The van der Waals surface area contributed by atoms with Crippen LogP contribution in [0.25, 0.3) is 11.1 Å². The number of β-lactam (4-membered cyclic amide) rings is 1. The summed E-state index contributed by atoms with van der Waals surface area (Å²) in [5.41, 5.74) is 2.85. The first kappa shape index (κ1) is 14.6. The lowest BCUT2D eigenvalue weighted by Crippen LogP contribution is -2.53. The minimum absolute atomic E-state index is 0.0255. The minimum Gasteiger partial charge on any atom is -0.466 e. The molecule has 2 heterocycles. The Bertz CT molecular complexity index is 649. The Morgan fingerprint density at radius 1 is 1.32 bits per heavy atom. The van der Waals surface area contributed by atoms with E-state index in [1.807, 2.05) is 0 Å². The van der Waals surface area contributed by atoms with Gasteiger partial charge in [0.2, 0.25) is 5.91 Å². The van der Waals surface area contributed by atoms with E-state index in [9.17, 15) is 9.59 Å². The molecule has 0 bridgehead atoms. The molecule has 4 rings (SSSR count). The van der Waals surface area contributed by atoms with E-state index in [0.29, 0.717) is 17.9 Å². The fourth-order valence-electron chi connectivity index (χ4n) is 2.53. The molecule has 1 amide bonds. The van der Waals surface area contributed by atoms with E-state index in [4.69, 9.17) is 14.2 Å². The molecule has 0 radical (unpaired) electrons. The molecule has 2 atom stereocenters. The van der Waals surface area contributed by atoms with Crippen LogP contribution in [0.2, 0.25) is 0 Å². The number of benzene rings is 1. The highest BCUT2D eigenvalue weighted by Crippen LogP contribution is 2.38. The number of methoxy groups -OCH3 is 1. The number of nitrogens with zero attached hydrogens (tertiary/aromatic N) is 1. The van der Waals surface area contributed by atoms with Gasteiger partial charge in [-0.15, -0.1) is 0 Å². The monoisotopic (exact) mass is 303 g/mol. The van der Waals surface area contributed by atoms with E-state index >= 15 is 0 Å². The number of carbonyl (C=O) groups is 2. The first-order valence-corrected chi connectivity index (χ1v) is 7.01. The van der Waals surface area contributed by atoms with Gasteiger partial charge in [-0.1, -0.05) is 18.2 Å². The van der Waals surface area contributed by atoms with Crippen molar-refractivity contribution in [3.63, 3.8) is 0 Å². The smallest absolute Gasteiger partial charge is 0.307 e. The van der Waals surface area contributed by atoms with Gasteiger partial charge in [0.25, 0.3) is 0 Å². The second-order valence-electron chi connectivity index (χ2n) is 5.26. The Kier molecular flexibility index (Phi) is 3.62. The van der Waals surface area contributed by atoms with Crippen LogP contribution in [0.5, 0.6) is 0 Å². The lowest BCUT2D eigenvalue weighted by atomic mass is 10.2. The molecule has 0 aromatic rings. The zero-order valence-electron chi connectivity index (χ0n) is 12.7. The number of hydrogen-bond donors (Lipinski definition) is 0. The van der Waals surface area contributed by atoms with Crippen molar-refractivity contribution >= 4 is 11.9 Å². The molecular formula is C16H17NO5. The van der Waals surface area contributed by atoms with Crippen LogP contribution < -0.4 is 0 Å². The van der Waals surface area contributed by atoms with Crippen molar-refractivity contribution < 1.29 is 23.8 Å². The van der Waals surface area contributed by atoms with E-state index in [0.717, 1.165) is 0 Å². The lowest BCUT2D eigenvalue weighted by molar-refractivity contribution is -0.165. The third-order valence-electron chi connectivity index (χ3n) is 3.67. The molecule has 0 spiro atoms. The molecule has 0 N–H and O–H groups in total. The summed E-state index contributed by atoms with van der Waals surface area (Å²) in [7, 11) is 1.48. The molecule has 2 aliphatic heterocycles. The van der Waals surface area contributed by atoms with E-state index in [2.05, 4.69) is 24.3 Å². The summed E-state index contributed by atoms with van der Waals surface area (Å²) in [6.45, 7) is 2.92. The van der Waals surface area contributed by atoms with Crippen molar-refractivity contribution in [2.45, 2.75) is 32.7 Å². The molecule has 2 saturated heterocycles. The topological polar surface area (TPSA) is 65.1 Å². The van der Waals surface area contributed by atoms with Crippen molar-refractivity contribution in [3.8, 4) is 11.1 Å². The summed E-state index contributed by atoms with van der Waals surface area (Å²) in [4.78, 5) is 23.6. The fourth-order valence-corrected chi connectivity index (χ4v) is 2.53. The number of carbonyl (C=O) groups excluding carboxylic acids is 2. The Balaban J connectivity index is 0.000000196. The molecule has 0 saturated carbocycles. The van der Waals surface area contributed by atoms with Gasteiger partial charge >= 0.3 is 5.97 Å². The Morgan fingerprint density at radius 2 is 2.00 bits per heavy atom. The number of esters is 1. The summed E-state index contributed by atoms with van der Waals surface area (Å²) >= 11 is 0. The van der Waals surface area contributed by atoms with Crippen LogP contribution in [0.1, 0.15) is 20.3 Å². The number of hydrogen-bond acceptors (Lipinski definition) is 5. The molecule has 0 aromatic heterocycles. The number of fused-ring (bicyclic) bond motifs is 2. The van der Waals surface area contributed by atoms with Gasteiger partial charge in [-0.3, -0.25) is 14.5 Å². The number of rotatable bonds is 2. The minimum atomic E-state index is -0.578. The van der Waals surface area contributed by atoms with Crippen molar-refractivity contribution in [2.75, 3.05) is 7.11 Å². The van der Waals surface area contributed by atoms with E-state index in [1.165, 1.54) is 30.1 Å². The highest BCUT2D eigenvalue weighted by atomic mass is 16.6. The van der Waals surface area contributed by atoms with Gasteiger partial charge < -0.3 is 14.2 Å². The molecule has 6 heteroatoms.